The molecule has 0 atom stereocenters. The van der Waals surface area contributed by atoms with E-state index in [4.69, 9.17) is 0 Å². The van der Waals surface area contributed by atoms with E-state index in [1.807, 2.05) is 0 Å². The molecule has 224 valence electrons. The van der Waals surface area contributed by atoms with E-state index in [-0.39, 0.29) is 0 Å². The van der Waals surface area contributed by atoms with Crippen molar-refractivity contribution >= 4 is 10.2 Å². The summed E-state index contributed by atoms with van der Waals surface area (Å²) in [5.74, 6) is 0. The van der Waals surface area contributed by atoms with Crippen molar-refractivity contribution in [3.8, 4) is 0 Å². The van der Waals surface area contributed by atoms with Crippen LogP contribution in [-0.2, 0) is 0 Å². The first kappa shape index (κ1) is 37.2. The molecule has 0 aromatic heterocycles. The summed E-state index contributed by atoms with van der Waals surface area (Å²) in [6.45, 7) is 2.31. The van der Waals surface area contributed by atoms with Gasteiger partial charge in [-0.1, -0.05) is 231 Å². The first-order valence-electron chi connectivity index (χ1n) is 18.4. The molecular formula is C36H76Si. The normalized spacial score (nSPS) is 11.6. The van der Waals surface area contributed by atoms with Crippen LogP contribution in [0.3, 0.4) is 0 Å². The van der Waals surface area contributed by atoms with Crippen molar-refractivity contribution in [3.63, 3.8) is 0 Å². The van der Waals surface area contributed by atoms with Gasteiger partial charge in [0, 0.05) is 10.2 Å². The average molecular weight is 537 g/mol. The van der Waals surface area contributed by atoms with Crippen LogP contribution in [0.15, 0.2) is 0 Å². The van der Waals surface area contributed by atoms with Crippen molar-refractivity contribution in [1.82, 2.24) is 0 Å². The number of hydrogen-bond donors (Lipinski definition) is 0. The first-order valence-corrected chi connectivity index (χ1v) is 19.8. The van der Waals surface area contributed by atoms with Crippen LogP contribution in [0.1, 0.15) is 225 Å². The maximum Gasteiger partial charge on any atom is 0.00279 e. The molecule has 0 aromatic rings. The van der Waals surface area contributed by atoms with Crippen LogP contribution >= 0.6 is 0 Å². The van der Waals surface area contributed by atoms with E-state index in [9.17, 15) is 0 Å². The summed E-state index contributed by atoms with van der Waals surface area (Å²) in [5, 5.41) is 0. The van der Waals surface area contributed by atoms with Crippen LogP contribution in [0, 0.1) is 0 Å². The first-order chi connectivity index (χ1) is 18.4. The Hall–Kier alpha value is 0.217. The zero-order valence-corrected chi connectivity index (χ0v) is 28.7. The molecule has 0 aromatic carbocycles. The second kappa shape index (κ2) is 36.2. The predicted octanol–water partition coefficient (Wildman–Crippen LogP) is 13.1. The smallest absolute Gasteiger partial charge is 0.00279 e. The van der Waals surface area contributed by atoms with Gasteiger partial charge in [-0.3, -0.25) is 0 Å². The molecule has 0 heterocycles. The lowest BCUT2D eigenvalue weighted by Gasteiger charge is -2.05. The van der Waals surface area contributed by atoms with Crippen LogP contribution in [0.2, 0.25) is 6.04 Å². The lowest BCUT2D eigenvalue weighted by molar-refractivity contribution is 0.511. The minimum Gasteiger partial charge on any atom is -0.0658 e. The van der Waals surface area contributed by atoms with Crippen molar-refractivity contribution in [2.24, 2.45) is 0 Å². The third-order valence-electron chi connectivity index (χ3n) is 8.71. The van der Waals surface area contributed by atoms with E-state index < -0.39 is 0 Å². The highest BCUT2D eigenvalue weighted by Gasteiger charge is 1.97. The van der Waals surface area contributed by atoms with E-state index in [2.05, 4.69) is 6.92 Å². The van der Waals surface area contributed by atoms with Gasteiger partial charge in [-0.25, -0.2) is 0 Å². The summed E-state index contributed by atoms with van der Waals surface area (Å²) in [6.07, 6.45) is 50.7. The van der Waals surface area contributed by atoms with Gasteiger partial charge >= 0.3 is 0 Å². The Kier molecular flexibility index (Phi) is 36.4. The number of unbranched alkanes of at least 4 members (excludes halogenated alkanes) is 33. The predicted molar refractivity (Wildman–Crippen MR) is 177 cm³/mol. The molecule has 0 aliphatic rings. The van der Waals surface area contributed by atoms with E-state index in [0.29, 0.717) is 0 Å². The molecule has 0 N–H and O–H groups in total. The summed E-state index contributed by atoms with van der Waals surface area (Å²) in [4.78, 5) is 0. The summed E-state index contributed by atoms with van der Waals surface area (Å²) < 4.78 is 0. The third-order valence-corrected chi connectivity index (χ3v) is 9.41. The van der Waals surface area contributed by atoms with Crippen molar-refractivity contribution in [2.75, 3.05) is 0 Å². The summed E-state index contributed by atoms with van der Waals surface area (Å²) in [7, 11) is 1.41. The molecule has 0 nitrogen and oxygen atoms in total. The van der Waals surface area contributed by atoms with Gasteiger partial charge in [0.15, 0.2) is 0 Å². The topological polar surface area (TPSA) is 0 Å². The van der Waals surface area contributed by atoms with Gasteiger partial charge in [0.2, 0.25) is 0 Å². The van der Waals surface area contributed by atoms with E-state index >= 15 is 0 Å². The van der Waals surface area contributed by atoms with E-state index in [1.165, 1.54) is 235 Å². The van der Waals surface area contributed by atoms with Crippen LogP contribution in [0.5, 0.6) is 0 Å². The fourth-order valence-corrected chi connectivity index (χ4v) is 6.48. The minimum absolute atomic E-state index is 1.38. The molecule has 0 aliphatic carbocycles. The second-order valence-electron chi connectivity index (χ2n) is 12.7. The number of hydrogen-bond acceptors (Lipinski definition) is 0. The van der Waals surface area contributed by atoms with Gasteiger partial charge in [-0.15, -0.1) is 0 Å². The molecule has 0 radical (unpaired) electrons. The van der Waals surface area contributed by atoms with Gasteiger partial charge in [0.25, 0.3) is 0 Å². The van der Waals surface area contributed by atoms with E-state index in [1.54, 1.807) is 0 Å². The van der Waals surface area contributed by atoms with E-state index in [0.717, 1.165) is 0 Å². The maximum absolute atomic E-state index is 2.31. The van der Waals surface area contributed by atoms with Gasteiger partial charge in [0.1, 0.15) is 0 Å². The molecule has 0 saturated heterocycles. The average Bonchev–Trinajstić information content (AvgIpc) is 2.91. The Bertz CT molecular complexity index is 332. The fourth-order valence-electron chi connectivity index (χ4n) is 5.98. The van der Waals surface area contributed by atoms with Crippen molar-refractivity contribution in [2.45, 2.75) is 231 Å². The minimum atomic E-state index is 1.38. The monoisotopic (exact) mass is 537 g/mol. The molecule has 0 bridgehead atoms. The zero-order chi connectivity index (χ0) is 26.7. The SMILES string of the molecule is CCCCCCCCCCCCCCCCCCCCCCCCCCCCCCCCCCCC[SiH3]. The molecule has 1 heteroatoms. The maximum atomic E-state index is 2.31. The Morgan fingerprint density at radius 2 is 0.351 bits per heavy atom. The van der Waals surface area contributed by atoms with Crippen molar-refractivity contribution < 1.29 is 0 Å². The largest absolute Gasteiger partial charge is 0.0658 e. The van der Waals surface area contributed by atoms with Crippen LogP contribution < -0.4 is 0 Å². The molecule has 37 heavy (non-hydrogen) atoms. The molecular weight excluding hydrogens is 460 g/mol. The highest BCUT2D eigenvalue weighted by Crippen LogP contribution is 2.17. The summed E-state index contributed by atoms with van der Waals surface area (Å²) in [6, 6.07) is 1.51. The Balaban J connectivity index is 3.00. The van der Waals surface area contributed by atoms with Crippen LogP contribution in [0.4, 0.5) is 0 Å². The lowest BCUT2D eigenvalue weighted by Crippen LogP contribution is -1.85. The quantitative estimate of drug-likeness (QED) is 0.0566. The molecule has 0 rings (SSSR count). The third kappa shape index (κ3) is 36.2. The van der Waals surface area contributed by atoms with Gasteiger partial charge in [0.05, 0.1) is 0 Å². The molecule has 0 aliphatic heterocycles. The molecule has 0 saturated carbocycles. The zero-order valence-electron chi connectivity index (χ0n) is 26.7. The standard InChI is InChI=1S/C36H76Si/c1-2-3-4-5-6-7-8-9-10-11-12-13-14-15-16-17-18-19-20-21-22-23-24-25-26-27-28-29-30-31-32-33-34-35-36-37/h2-36H2,1,37H3. The van der Waals surface area contributed by atoms with Crippen LogP contribution in [0.25, 0.3) is 0 Å². The highest BCUT2D eigenvalue weighted by atomic mass is 28.1. The molecule has 0 amide bonds. The lowest BCUT2D eigenvalue weighted by atomic mass is 10.0. The highest BCUT2D eigenvalue weighted by molar-refractivity contribution is 6.08. The van der Waals surface area contributed by atoms with Crippen molar-refractivity contribution in [3.05, 3.63) is 0 Å². The van der Waals surface area contributed by atoms with Gasteiger partial charge in [-0.05, 0) is 0 Å². The fraction of sp³-hybridized carbons (Fsp3) is 1.00. The summed E-state index contributed by atoms with van der Waals surface area (Å²) in [5.41, 5.74) is 0. The molecule has 0 fully saturated rings. The Morgan fingerprint density at radius 1 is 0.216 bits per heavy atom. The Morgan fingerprint density at radius 3 is 0.486 bits per heavy atom. The van der Waals surface area contributed by atoms with Crippen molar-refractivity contribution in [1.29, 1.82) is 0 Å². The van der Waals surface area contributed by atoms with Gasteiger partial charge in [-0.2, -0.15) is 0 Å². The Labute approximate surface area is 241 Å². The molecule has 0 unspecified atom stereocenters. The summed E-state index contributed by atoms with van der Waals surface area (Å²) >= 11 is 0. The second-order valence-corrected chi connectivity index (χ2v) is 13.7. The van der Waals surface area contributed by atoms with Crippen LogP contribution in [-0.4, -0.2) is 10.2 Å². The van der Waals surface area contributed by atoms with Gasteiger partial charge < -0.3 is 0 Å². The number of rotatable bonds is 34. The molecule has 0 spiro atoms.